The molecule has 3 aromatic rings. The van der Waals surface area contributed by atoms with Crippen LogP contribution >= 0.6 is 11.3 Å². The molecule has 9 heteroatoms. The number of aromatic nitrogens is 2. The van der Waals surface area contributed by atoms with Crippen LogP contribution in [0.5, 0.6) is 0 Å². The summed E-state index contributed by atoms with van der Waals surface area (Å²) in [5, 5.41) is 6.77. The molecular formula is C18H18F3N5S. The number of nitrogen functional groups attached to an aromatic ring is 1. The first-order valence-electron chi connectivity index (χ1n) is 8.62. The molecule has 1 aliphatic heterocycles. The van der Waals surface area contributed by atoms with E-state index in [-0.39, 0.29) is 12.0 Å². The Kier molecular flexibility index (Phi) is 4.65. The van der Waals surface area contributed by atoms with Crippen molar-refractivity contribution in [2.24, 2.45) is 0 Å². The van der Waals surface area contributed by atoms with Crippen LogP contribution in [-0.2, 0) is 6.18 Å². The van der Waals surface area contributed by atoms with Crippen LogP contribution in [0, 0.1) is 0 Å². The van der Waals surface area contributed by atoms with E-state index in [2.05, 4.69) is 20.6 Å². The monoisotopic (exact) mass is 393 g/mol. The van der Waals surface area contributed by atoms with Crippen molar-refractivity contribution in [3.8, 4) is 10.4 Å². The molecule has 0 amide bonds. The van der Waals surface area contributed by atoms with Crippen molar-refractivity contribution in [2.45, 2.75) is 25.1 Å². The van der Waals surface area contributed by atoms with Gasteiger partial charge in [0, 0.05) is 17.5 Å². The lowest BCUT2D eigenvalue weighted by Gasteiger charge is -2.24. The Morgan fingerprint density at radius 1 is 1.19 bits per heavy atom. The Morgan fingerprint density at radius 2 is 1.96 bits per heavy atom. The van der Waals surface area contributed by atoms with Gasteiger partial charge in [0.25, 0.3) is 0 Å². The van der Waals surface area contributed by atoms with Gasteiger partial charge in [-0.05, 0) is 43.1 Å². The molecule has 0 radical (unpaired) electrons. The number of nitrogens with two attached hydrogens (primary N) is 1. The SMILES string of the molecule is Nc1nc(NC2CCCNC2)c2sc(-c3ccc(C(F)(F)F)cc3)cc2n1. The highest BCUT2D eigenvalue weighted by Gasteiger charge is 2.30. The molecule has 1 atom stereocenters. The van der Waals surface area contributed by atoms with Gasteiger partial charge in [-0.25, -0.2) is 4.98 Å². The number of rotatable bonds is 3. The molecular weight excluding hydrogens is 375 g/mol. The number of halogens is 3. The third-order valence-corrected chi connectivity index (χ3v) is 5.70. The topological polar surface area (TPSA) is 75.9 Å². The molecule has 5 nitrogen and oxygen atoms in total. The van der Waals surface area contributed by atoms with Gasteiger partial charge in [0.1, 0.15) is 5.82 Å². The standard InChI is InChI=1S/C18H18F3N5S/c19-18(20,21)11-5-3-10(4-6-11)14-8-13-15(27-14)16(26-17(22)25-13)24-12-2-1-7-23-9-12/h3-6,8,12,23H,1-2,7,9H2,(H3,22,24,25,26). The number of nitrogens with one attached hydrogen (secondary N) is 2. The molecule has 4 rings (SSSR count). The van der Waals surface area contributed by atoms with Crippen molar-refractivity contribution in [2.75, 3.05) is 24.1 Å². The van der Waals surface area contributed by atoms with E-state index >= 15 is 0 Å². The number of hydrogen-bond donors (Lipinski definition) is 3. The number of piperidine rings is 1. The van der Waals surface area contributed by atoms with Gasteiger partial charge in [-0.1, -0.05) is 12.1 Å². The van der Waals surface area contributed by atoms with Gasteiger partial charge >= 0.3 is 6.18 Å². The summed E-state index contributed by atoms with van der Waals surface area (Å²) in [6.45, 7) is 1.86. The van der Waals surface area contributed by atoms with Crippen LogP contribution in [0.25, 0.3) is 20.7 Å². The van der Waals surface area contributed by atoms with Crippen LogP contribution in [0.15, 0.2) is 30.3 Å². The number of benzene rings is 1. The first kappa shape index (κ1) is 18.0. The number of thiophene rings is 1. The van der Waals surface area contributed by atoms with Gasteiger partial charge in [0.05, 0.1) is 15.8 Å². The van der Waals surface area contributed by atoms with Crippen molar-refractivity contribution in [3.05, 3.63) is 35.9 Å². The highest BCUT2D eigenvalue weighted by Crippen LogP contribution is 2.38. The fourth-order valence-corrected chi connectivity index (χ4v) is 4.23. The summed E-state index contributed by atoms with van der Waals surface area (Å²) in [5.74, 6) is 0.847. The molecule has 0 aliphatic carbocycles. The number of fused-ring (bicyclic) bond motifs is 1. The van der Waals surface area contributed by atoms with Gasteiger partial charge < -0.3 is 16.4 Å². The minimum atomic E-state index is -4.34. The fourth-order valence-electron chi connectivity index (χ4n) is 3.18. The highest BCUT2D eigenvalue weighted by atomic mass is 32.1. The van der Waals surface area contributed by atoms with E-state index in [4.69, 9.17) is 5.73 Å². The van der Waals surface area contributed by atoms with E-state index in [0.717, 1.165) is 47.6 Å². The van der Waals surface area contributed by atoms with Crippen molar-refractivity contribution in [3.63, 3.8) is 0 Å². The van der Waals surface area contributed by atoms with Gasteiger partial charge in [-0.15, -0.1) is 11.3 Å². The Bertz CT molecular complexity index is 946. The molecule has 2 aromatic heterocycles. The number of alkyl halides is 3. The normalized spacial score (nSPS) is 18.0. The Balaban J connectivity index is 1.68. The van der Waals surface area contributed by atoms with Crippen LogP contribution in [0.3, 0.4) is 0 Å². The Morgan fingerprint density at radius 3 is 2.63 bits per heavy atom. The maximum atomic E-state index is 12.8. The molecule has 1 unspecified atom stereocenters. The van der Waals surface area contributed by atoms with E-state index in [1.165, 1.54) is 23.5 Å². The molecule has 27 heavy (non-hydrogen) atoms. The summed E-state index contributed by atoms with van der Waals surface area (Å²) >= 11 is 1.44. The lowest BCUT2D eigenvalue weighted by molar-refractivity contribution is -0.137. The molecule has 0 saturated carbocycles. The third-order valence-electron chi connectivity index (χ3n) is 4.52. The predicted molar refractivity (Wildman–Crippen MR) is 102 cm³/mol. The molecule has 1 aromatic carbocycles. The Labute approximate surface area is 157 Å². The smallest absolute Gasteiger partial charge is 0.368 e. The second-order valence-electron chi connectivity index (χ2n) is 6.52. The van der Waals surface area contributed by atoms with Crippen LogP contribution in [0.2, 0.25) is 0 Å². The van der Waals surface area contributed by atoms with Crippen molar-refractivity contribution < 1.29 is 13.2 Å². The lowest BCUT2D eigenvalue weighted by atomic mass is 10.1. The molecule has 4 N–H and O–H groups in total. The molecule has 3 heterocycles. The summed E-state index contributed by atoms with van der Waals surface area (Å²) in [6.07, 6.45) is -2.22. The summed E-state index contributed by atoms with van der Waals surface area (Å²) in [7, 11) is 0. The maximum absolute atomic E-state index is 12.8. The third kappa shape index (κ3) is 3.84. The highest BCUT2D eigenvalue weighted by molar-refractivity contribution is 7.22. The average Bonchev–Trinajstić information content (AvgIpc) is 3.06. The molecule has 1 fully saturated rings. The van der Waals surface area contributed by atoms with E-state index in [9.17, 15) is 13.2 Å². The summed E-state index contributed by atoms with van der Waals surface area (Å²) in [6, 6.07) is 7.22. The number of nitrogens with zero attached hydrogens (tertiary/aromatic N) is 2. The van der Waals surface area contributed by atoms with E-state index < -0.39 is 11.7 Å². The van der Waals surface area contributed by atoms with Crippen molar-refractivity contribution in [1.82, 2.24) is 15.3 Å². The first-order valence-corrected chi connectivity index (χ1v) is 9.44. The van der Waals surface area contributed by atoms with E-state index in [1.54, 1.807) is 0 Å². The Hall–Kier alpha value is -2.39. The zero-order valence-electron chi connectivity index (χ0n) is 14.3. The average molecular weight is 393 g/mol. The van der Waals surface area contributed by atoms with Gasteiger partial charge in [-0.2, -0.15) is 18.2 Å². The van der Waals surface area contributed by atoms with Crippen LogP contribution in [0.1, 0.15) is 18.4 Å². The van der Waals surface area contributed by atoms with E-state index in [1.807, 2.05) is 6.07 Å². The number of anilines is 2. The molecule has 142 valence electrons. The maximum Gasteiger partial charge on any atom is 0.416 e. The minimum Gasteiger partial charge on any atom is -0.368 e. The van der Waals surface area contributed by atoms with Crippen LogP contribution in [-0.4, -0.2) is 29.1 Å². The quantitative estimate of drug-likeness (QED) is 0.624. The van der Waals surface area contributed by atoms with Crippen LogP contribution < -0.4 is 16.4 Å². The van der Waals surface area contributed by atoms with Gasteiger partial charge in [-0.3, -0.25) is 0 Å². The zero-order valence-corrected chi connectivity index (χ0v) is 15.1. The minimum absolute atomic E-state index is 0.172. The summed E-state index contributed by atoms with van der Waals surface area (Å²) < 4.78 is 39.2. The number of hydrogen-bond acceptors (Lipinski definition) is 6. The molecule has 1 aliphatic rings. The van der Waals surface area contributed by atoms with Gasteiger partial charge in [0.2, 0.25) is 5.95 Å². The molecule has 1 saturated heterocycles. The van der Waals surface area contributed by atoms with Crippen LogP contribution in [0.4, 0.5) is 24.9 Å². The first-order chi connectivity index (χ1) is 12.9. The zero-order chi connectivity index (χ0) is 19.0. The largest absolute Gasteiger partial charge is 0.416 e. The summed E-state index contributed by atoms with van der Waals surface area (Å²) in [4.78, 5) is 9.43. The predicted octanol–water partition coefficient (Wildman–Crippen LogP) is 4.12. The van der Waals surface area contributed by atoms with Crippen molar-refractivity contribution in [1.29, 1.82) is 0 Å². The lowest BCUT2D eigenvalue weighted by Crippen LogP contribution is -2.38. The van der Waals surface area contributed by atoms with Crippen molar-refractivity contribution >= 4 is 33.3 Å². The van der Waals surface area contributed by atoms with E-state index in [0.29, 0.717) is 16.9 Å². The summed E-state index contributed by atoms with van der Waals surface area (Å²) in [5.41, 5.74) is 6.58. The second kappa shape index (κ2) is 6.97. The molecule has 0 bridgehead atoms. The second-order valence-corrected chi connectivity index (χ2v) is 7.57. The molecule has 0 spiro atoms. The van der Waals surface area contributed by atoms with Gasteiger partial charge in [0.15, 0.2) is 0 Å². The fraction of sp³-hybridized carbons (Fsp3) is 0.333.